The van der Waals surface area contributed by atoms with Gasteiger partial charge in [0.15, 0.2) is 5.96 Å². The van der Waals surface area contributed by atoms with Gasteiger partial charge >= 0.3 is 0 Å². The van der Waals surface area contributed by atoms with Crippen molar-refractivity contribution < 1.29 is 9.47 Å². The number of ether oxygens (including phenoxy) is 2. The van der Waals surface area contributed by atoms with Crippen molar-refractivity contribution in [3.63, 3.8) is 0 Å². The molecule has 0 spiro atoms. The Kier molecular flexibility index (Phi) is 8.93. The van der Waals surface area contributed by atoms with Gasteiger partial charge in [0.25, 0.3) is 0 Å². The summed E-state index contributed by atoms with van der Waals surface area (Å²) in [7, 11) is 5.93. The van der Waals surface area contributed by atoms with Crippen LogP contribution in [0.15, 0.2) is 29.3 Å². The molecule has 0 radical (unpaired) electrons. The van der Waals surface area contributed by atoms with Gasteiger partial charge in [-0.1, -0.05) is 12.1 Å². The molecule has 1 aliphatic heterocycles. The smallest absolute Gasteiger partial charge is 0.191 e. The molecule has 1 aromatic carbocycles. The summed E-state index contributed by atoms with van der Waals surface area (Å²) in [6, 6.07) is 8.83. The van der Waals surface area contributed by atoms with Crippen LogP contribution in [0.25, 0.3) is 0 Å². The monoisotopic (exact) mass is 442 g/mol. The SMILES string of the molecule is CN=C(NCc1cccc(OCCN(C)C2CCOCC2)c1)NCc1c(C)nn(C)c1C. The Morgan fingerprint density at radius 3 is 2.69 bits per heavy atom. The second-order valence-corrected chi connectivity index (χ2v) is 8.37. The summed E-state index contributed by atoms with van der Waals surface area (Å²) < 4.78 is 13.4. The predicted octanol–water partition coefficient (Wildman–Crippen LogP) is 2.39. The van der Waals surface area contributed by atoms with Crippen molar-refractivity contribution >= 4 is 5.96 Å². The lowest BCUT2D eigenvalue weighted by atomic mass is 10.1. The molecule has 8 nitrogen and oxygen atoms in total. The molecule has 2 N–H and O–H groups in total. The molecule has 2 heterocycles. The number of nitrogens with zero attached hydrogens (tertiary/aromatic N) is 4. The summed E-state index contributed by atoms with van der Waals surface area (Å²) >= 11 is 0. The molecule has 1 fully saturated rings. The van der Waals surface area contributed by atoms with E-state index in [0.29, 0.717) is 25.7 Å². The molecule has 32 heavy (non-hydrogen) atoms. The number of aliphatic imine (C=N–C) groups is 1. The highest BCUT2D eigenvalue weighted by atomic mass is 16.5. The fourth-order valence-corrected chi connectivity index (χ4v) is 4.01. The Labute approximate surface area is 192 Å². The number of likely N-dealkylation sites (N-methyl/N-ethyl adjacent to an activating group) is 1. The van der Waals surface area contributed by atoms with Gasteiger partial charge in [0, 0.05) is 64.2 Å². The molecule has 1 saturated heterocycles. The third-order valence-electron chi connectivity index (χ3n) is 6.20. The first kappa shape index (κ1) is 24.1. The average Bonchev–Trinajstić information content (AvgIpc) is 3.05. The Morgan fingerprint density at radius 2 is 2.00 bits per heavy atom. The number of aryl methyl sites for hydroxylation is 2. The molecular formula is C24H38N6O2. The second-order valence-electron chi connectivity index (χ2n) is 8.37. The quantitative estimate of drug-likeness (QED) is 0.459. The van der Waals surface area contributed by atoms with Crippen LogP contribution in [0.4, 0.5) is 0 Å². The number of benzene rings is 1. The number of hydrogen-bond donors (Lipinski definition) is 2. The van der Waals surface area contributed by atoms with Crippen molar-refractivity contribution in [2.75, 3.05) is 40.5 Å². The number of hydrogen-bond acceptors (Lipinski definition) is 5. The van der Waals surface area contributed by atoms with E-state index in [1.54, 1.807) is 7.05 Å². The van der Waals surface area contributed by atoms with Gasteiger partial charge in [-0.15, -0.1) is 0 Å². The van der Waals surface area contributed by atoms with Gasteiger partial charge in [0.1, 0.15) is 12.4 Å². The molecule has 0 unspecified atom stereocenters. The molecule has 0 atom stereocenters. The summed E-state index contributed by atoms with van der Waals surface area (Å²) in [6.07, 6.45) is 2.21. The number of guanidine groups is 1. The Hall–Kier alpha value is -2.58. The van der Waals surface area contributed by atoms with Crippen LogP contribution in [0.5, 0.6) is 5.75 Å². The van der Waals surface area contributed by atoms with Gasteiger partial charge in [-0.3, -0.25) is 14.6 Å². The van der Waals surface area contributed by atoms with Crippen molar-refractivity contribution in [3.05, 3.63) is 46.8 Å². The van der Waals surface area contributed by atoms with Gasteiger partial charge in [-0.25, -0.2) is 0 Å². The van der Waals surface area contributed by atoms with E-state index in [0.717, 1.165) is 61.3 Å². The van der Waals surface area contributed by atoms with Crippen LogP contribution in [0.1, 0.15) is 35.4 Å². The van der Waals surface area contributed by atoms with Crippen LogP contribution < -0.4 is 15.4 Å². The largest absolute Gasteiger partial charge is 0.492 e. The average molecular weight is 443 g/mol. The van der Waals surface area contributed by atoms with Crippen LogP contribution in [0, 0.1) is 13.8 Å². The number of rotatable bonds is 9. The maximum atomic E-state index is 6.02. The van der Waals surface area contributed by atoms with Gasteiger partial charge in [-0.05, 0) is 51.4 Å². The molecule has 0 amide bonds. The minimum absolute atomic E-state index is 0.598. The lowest BCUT2D eigenvalue weighted by Crippen LogP contribution is -2.38. The highest BCUT2D eigenvalue weighted by molar-refractivity contribution is 5.79. The van der Waals surface area contributed by atoms with E-state index < -0.39 is 0 Å². The van der Waals surface area contributed by atoms with Gasteiger partial charge in [0.05, 0.1) is 5.69 Å². The van der Waals surface area contributed by atoms with Crippen LogP contribution in [-0.2, 0) is 24.9 Å². The summed E-state index contributed by atoms with van der Waals surface area (Å²) in [6.45, 7) is 8.80. The van der Waals surface area contributed by atoms with Crippen LogP contribution in [0.3, 0.4) is 0 Å². The third kappa shape index (κ3) is 6.71. The summed E-state index contributed by atoms with van der Waals surface area (Å²) in [5, 5.41) is 11.2. The molecule has 0 saturated carbocycles. The molecule has 176 valence electrons. The zero-order valence-electron chi connectivity index (χ0n) is 20.1. The molecule has 8 heteroatoms. The van der Waals surface area contributed by atoms with Crippen molar-refractivity contribution in [3.8, 4) is 5.75 Å². The van der Waals surface area contributed by atoms with E-state index in [1.807, 2.05) is 30.8 Å². The topological polar surface area (TPSA) is 75.9 Å². The molecule has 0 aliphatic carbocycles. The normalized spacial score (nSPS) is 15.2. The van der Waals surface area contributed by atoms with Gasteiger partial charge in [-0.2, -0.15) is 5.10 Å². The first-order valence-corrected chi connectivity index (χ1v) is 11.4. The molecule has 0 bridgehead atoms. The summed E-state index contributed by atoms with van der Waals surface area (Å²) in [4.78, 5) is 6.73. The minimum Gasteiger partial charge on any atom is -0.492 e. The first-order valence-electron chi connectivity index (χ1n) is 11.4. The minimum atomic E-state index is 0.598. The van der Waals surface area contributed by atoms with E-state index in [-0.39, 0.29) is 0 Å². The van der Waals surface area contributed by atoms with E-state index in [2.05, 4.69) is 51.7 Å². The van der Waals surface area contributed by atoms with E-state index in [4.69, 9.17) is 9.47 Å². The van der Waals surface area contributed by atoms with E-state index in [9.17, 15) is 0 Å². The second kappa shape index (κ2) is 11.9. The number of nitrogens with one attached hydrogen (secondary N) is 2. The fraction of sp³-hybridized carbons (Fsp3) is 0.583. The molecule has 2 aromatic rings. The fourth-order valence-electron chi connectivity index (χ4n) is 4.01. The maximum Gasteiger partial charge on any atom is 0.191 e. The predicted molar refractivity (Wildman–Crippen MR) is 128 cm³/mol. The van der Waals surface area contributed by atoms with Crippen molar-refractivity contribution in [2.24, 2.45) is 12.0 Å². The Bertz CT molecular complexity index is 889. The lowest BCUT2D eigenvalue weighted by molar-refractivity contribution is 0.0392. The van der Waals surface area contributed by atoms with Gasteiger partial charge in [0.2, 0.25) is 0 Å². The first-order chi connectivity index (χ1) is 15.5. The van der Waals surface area contributed by atoms with Crippen LogP contribution in [-0.4, -0.2) is 67.1 Å². The Morgan fingerprint density at radius 1 is 1.25 bits per heavy atom. The zero-order chi connectivity index (χ0) is 22.9. The van der Waals surface area contributed by atoms with Crippen molar-refractivity contribution in [2.45, 2.75) is 45.8 Å². The summed E-state index contributed by atoms with van der Waals surface area (Å²) in [5.74, 6) is 1.66. The Balaban J connectivity index is 1.44. The third-order valence-corrected chi connectivity index (χ3v) is 6.20. The zero-order valence-corrected chi connectivity index (χ0v) is 20.1. The van der Waals surface area contributed by atoms with Crippen molar-refractivity contribution in [1.29, 1.82) is 0 Å². The van der Waals surface area contributed by atoms with Crippen LogP contribution >= 0.6 is 0 Å². The molecule has 1 aliphatic rings. The van der Waals surface area contributed by atoms with E-state index in [1.165, 1.54) is 5.56 Å². The molecule has 3 rings (SSSR count). The number of aromatic nitrogens is 2. The van der Waals surface area contributed by atoms with Crippen LogP contribution in [0.2, 0.25) is 0 Å². The summed E-state index contributed by atoms with van der Waals surface area (Å²) in [5.41, 5.74) is 4.56. The van der Waals surface area contributed by atoms with Gasteiger partial charge < -0.3 is 20.1 Å². The highest BCUT2D eigenvalue weighted by Crippen LogP contribution is 2.15. The standard InChI is InChI=1S/C24H38N6O2/c1-18-23(19(2)30(5)28-18)17-27-24(25-3)26-16-20-7-6-8-22(15-20)32-14-11-29(4)21-9-12-31-13-10-21/h6-8,15,21H,9-14,16-17H2,1-5H3,(H2,25,26,27). The molecule has 1 aromatic heterocycles. The highest BCUT2D eigenvalue weighted by Gasteiger charge is 2.18. The molecular weight excluding hydrogens is 404 g/mol. The maximum absolute atomic E-state index is 6.02. The van der Waals surface area contributed by atoms with Crippen molar-refractivity contribution in [1.82, 2.24) is 25.3 Å². The van der Waals surface area contributed by atoms with E-state index >= 15 is 0 Å². The lowest BCUT2D eigenvalue weighted by Gasteiger charge is -2.31.